The lowest BCUT2D eigenvalue weighted by Gasteiger charge is -2.07. The Balaban J connectivity index is 2.89. The van der Waals surface area contributed by atoms with Gasteiger partial charge in [-0.05, 0) is 18.2 Å². The van der Waals surface area contributed by atoms with Crippen molar-refractivity contribution in [2.45, 2.75) is 6.42 Å². The van der Waals surface area contributed by atoms with Gasteiger partial charge in [0.25, 0.3) is 0 Å². The molecule has 0 amide bonds. The van der Waals surface area contributed by atoms with E-state index in [0.29, 0.717) is 11.3 Å². The Labute approximate surface area is 109 Å². The van der Waals surface area contributed by atoms with E-state index in [9.17, 15) is 13.2 Å². The quantitative estimate of drug-likeness (QED) is 0.779. The molecule has 6 heteroatoms. The van der Waals surface area contributed by atoms with Crippen molar-refractivity contribution in [1.82, 2.24) is 0 Å². The van der Waals surface area contributed by atoms with Crippen LogP contribution < -0.4 is 4.74 Å². The maximum absolute atomic E-state index is 11.8. The van der Waals surface area contributed by atoms with Crippen molar-refractivity contribution in [1.29, 1.82) is 0 Å². The van der Waals surface area contributed by atoms with Gasteiger partial charge >= 0.3 is 0 Å². The standard InChI is InChI=1S/C11H13BrO4S/c1-16-11-7-8(12)3-4-9(11)10(13)5-6-17(2,14)15/h3-4,7H,5-6H2,1-2H3. The fourth-order valence-corrected chi connectivity index (χ4v) is 2.20. The molecule has 0 bridgehead atoms. The van der Waals surface area contributed by atoms with Crippen LogP contribution in [0, 0.1) is 0 Å². The zero-order chi connectivity index (χ0) is 13.1. The molecule has 4 nitrogen and oxygen atoms in total. The summed E-state index contributed by atoms with van der Waals surface area (Å²) in [5.74, 6) is 0.0584. The van der Waals surface area contributed by atoms with E-state index in [2.05, 4.69) is 15.9 Å². The predicted molar refractivity (Wildman–Crippen MR) is 69.4 cm³/mol. The minimum Gasteiger partial charge on any atom is -0.496 e. The monoisotopic (exact) mass is 320 g/mol. The van der Waals surface area contributed by atoms with Gasteiger partial charge in [0.05, 0.1) is 18.4 Å². The Kier molecular flexibility index (Phi) is 4.70. The number of halogens is 1. The Morgan fingerprint density at radius 2 is 2.06 bits per heavy atom. The van der Waals surface area contributed by atoms with E-state index in [1.165, 1.54) is 7.11 Å². The maximum atomic E-state index is 11.8. The zero-order valence-corrected chi connectivity index (χ0v) is 12.0. The molecule has 0 radical (unpaired) electrons. The number of hydrogen-bond donors (Lipinski definition) is 0. The van der Waals surface area contributed by atoms with E-state index < -0.39 is 9.84 Å². The summed E-state index contributed by atoms with van der Waals surface area (Å²) < 4.78 is 27.8. The average Bonchev–Trinajstić information content (AvgIpc) is 2.24. The van der Waals surface area contributed by atoms with Gasteiger partial charge in [-0.25, -0.2) is 8.42 Å². The van der Waals surface area contributed by atoms with Crippen LogP contribution >= 0.6 is 15.9 Å². The van der Waals surface area contributed by atoms with Crippen LogP contribution in [0.3, 0.4) is 0 Å². The van der Waals surface area contributed by atoms with Crippen LogP contribution in [-0.4, -0.2) is 33.3 Å². The molecule has 0 spiro atoms. The van der Waals surface area contributed by atoms with Gasteiger partial charge in [0.1, 0.15) is 15.6 Å². The van der Waals surface area contributed by atoms with Crippen molar-refractivity contribution in [3.05, 3.63) is 28.2 Å². The molecule has 1 aromatic rings. The molecule has 94 valence electrons. The molecule has 0 unspecified atom stereocenters. The smallest absolute Gasteiger partial charge is 0.167 e. The second kappa shape index (κ2) is 5.64. The fraction of sp³-hybridized carbons (Fsp3) is 0.364. The molecule has 0 saturated heterocycles. The van der Waals surface area contributed by atoms with Crippen LogP contribution in [0.4, 0.5) is 0 Å². The Bertz CT molecular complexity index is 522. The van der Waals surface area contributed by atoms with Crippen LogP contribution in [0.25, 0.3) is 0 Å². The SMILES string of the molecule is COc1cc(Br)ccc1C(=O)CCS(C)(=O)=O. The number of ketones is 1. The zero-order valence-electron chi connectivity index (χ0n) is 9.57. The lowest BCUT2D eigenvalue weighted by molar-refractivity contribution is 0.0986. The van der Waals surface area contributed by atoms with Gasteiger partial charge in [-0.2, -0.15) is 0 Å². The van der Waals surface area contributed by atoms with Crippen molar-refractivity contribution in [3.8, 4) is 5.75 Å². The van der Waals surface area contributed by atoms with E-state index in [1.807, 2.05) is 0 Å². The van der Waals surface area contributed by atoms with Crippen LogP contribution in [0.15, 0.2) is 22.7 Å². The van der Waals surface area contributed by atoms with Crippen molar-refractivity contribution in [3.63, 3.8) is 0 Å². The van der Waals surface area contributed by atoms with Gasteiger partial charge in [0.15, 0.2) is 5.78 Å². The van der Waals surface area contributed by atoms with E-state index in [-0.39, 0.29) is 18.0 Å². The number of rotatable bonds is 5. The lowest BCUT2D eigenvalue weighted by Crippen LogP contribution is -2.10. The van der Waals surface area contributed by atoms with Crippen molar-refractivity contribution >= 4 is 31.6 Å². The largest absolute Gasteiger partial charge is 0.496 e. The summed E-state index contributed by atoms with van der Waals surface area (Å²) in [6.45, 7) is 0. The van der Waals surface area contributed by atoms with E-state index in [0.717, 1.165) is 10.7 Å². The molecular formula is C11H13BrO4S. The molecule has 0 atom stereocenters. The van der Waals surface area contributed by atoms with Gasteiger partial charge < -0.3 is 4.74 Å². The second-order valence-corrected chi connectivity index (χ2v) is 6.82. The third-order valence-corrected chi connectivity index (χ3v) is 3.60. The molecule has 0 aromatic heterocycles. The first-order chi connectivity index (χ1) is 7.83. The number of carbonyl (C=O) groups is 1. The second-order valence-electron chi connectivity index (χ2n) is 3.65. The number of Topliss-reactive ketones (excluding diaryl/α,β-unsaturated/α-hetero) is 1. The Morgan fingerprint density at radius 1 is 1.41 bits per heavy atom. The summed E-state index contributed by atoms with van der Waals surface area (Å²) in [4.78, 5) is 11.8. The molecule has 1 rings (SSSR count). The van der Waals surface area contributed by atoms with Crippen molar-refractivity contribution in [2.24, 2.45) is 0 Å². The minimum absolute atomic E-state index is 0.0309. The molecular weight excluding hydrogens is 308 g/mol. The number of sulfone groups is 1. The minimum atomic E-state index is -3.13. The third kappa shape index (κ3) is 4.47. The molecule has 0 aliphatic rings. The molecule has 0 aliphatic carbocycles. The highest BCUT2D eigenvalue weighted by Gasteiger charge is 2.14. The third-order valence-electron chi connectivity index (χ3n) is 2.16. The van der Waals surface area contributed by atoms with Gasteiger partial charge in [0, 0.05) is 17.1 Å². The molecule has 0 aliphatic heterocycles. The molecule has 0 fully saturated rings. The lowest BCUT2D eigenvalue weighted by atomic mass is 10.1. The molecule has 0 N–H and O–H groups in total. The van der Waals surface area contributed by atoms with Gasteiger partial charge in [-0.1, -0.05) is 15.9 Å². The van der Waals surface area contributed by atoms with Crippen LogP contribution in [0.2, 0.25) is 0 Å². The maximum Gasteiger partial charge on any atom is 0.167 e. The summed E-state index contributed by atoms with van der Waals surface area (Å²) in [5, 5.41) is 0. The first-order valence-electron chi connectivity index (χ1n) is 4.88. The summed E-state index contributed by atoms with van der Waals surface area (Å²) in [6.07, 6.45) is 1.08. The normalized spacial score (nSPS) is 11.2. The topological polar surface area (TPSA) is 60.4 Å². The number of carbonyl (C=O) groups excluding carboxylic acids is 1. The van der Waals surface area contributed by atoms with E-state index in [1.54, 1.807) is 18.2 Å². The summed E-state index contributed by atoms with van der Waals surface area (Å²) >= 11 is 3.27. The highest BCUT2D eigenvalue weighted by Crippen LogP contribution is 2.24. The highest BCUT2D eigenvalue weighted by atomic mass is 79.9. The number of ether oxygens (including phenoxy) is 1. The van der Waals surface area contributed by atoms with Crippen molar-refractivity contribution < 1.29 is 17.9 Å². The summed E-state index contributed by atoms with van der Waals surface area (Å²) in [6, 6.07) is 5.01. The van der Waals surface area contributed by atoms with Gasteiger partial charge in [0.2, 0.25) is 0 Å². The van der Waals surface area contributed by atoms with Gasteiger partial charge in [-0.15, -0.1) is 0 Å². The Morgan fingerprint density at radius 3 is 2.59 bits per heavy atom. The van der Waals surface area contributed by atoms with Crippen LogP contribution in [-0.2, 0) is 9.84 Å². The first-order valence-corrected chi connectivity index (χ1v) is 7.73. The predicted octanol–water partition coefficient (Wildman–Crippen LogP) is 2.08. The highest BCUT2D eigenvalue weighted by molar-refractivity contribution is 9.10. The Hall–Kier alpha value is -0.880. The molecule has 0 saturated carbocycles. The first kappa shape index (κ1) is 14.2. The van der Waals surface area contributed by atoms with Crippen molar-refractivity contribution in [2.75, 3.05) is 19.1 Å². The summed E-state index contributed by atoms with van der Waals surface area (Å²) in [5.41, 5.74) is 0.402. The number of methoxy groups -OCH3 is 1. The molecule has 17 heavy (non-hydrogen) atoms. The molecule has 0 heterocycles. The van der Waals surface area contributed by atoms with Gasteiger partial charge in [-0.3, -0.25) is 4.79 Å². The number of hydrogen-bond acceptors (Lipinski definition) is 4. The number of benzene rings is 1. The summed E-state index contributed by atoms with van der Waals surface area (Å²) in [7, 11) is -1.66. The molecule has 1 aromatic carbocycles. The van der Waals surface area contributed by atoms with E-state index >= 15 is 0 Å². The fourth-order valence-electron chi connectivity index (χ4n) is 1.31. The van der Waals surface area contributed by atoms with E-state index in [4.69, 9.17) is 4.74 Å². The average molecular weight is 321 g/mol. The van der Waals surface area contributed by atoms with Crippen LogP contribution in [0.5, 0.6) is 5.75 Å². The van der Waals surface area contributed by atoms with Crippen LogP contribution in [0.1, 0.15) is 16.8 Å².